The van der Waals surface area contributed by atoms with Crippen LogP contribution in [0.5, 0.6) is 5.75 Å². The molecule has 1 saturated carbocycles. The summed E-state index contributed by atoms with van der Waals surface area (Å²) in [5.74, 6) is 1.19. The van der Waals surface area contributed by atoms with Crippen molar-refractivity contribution in [3.8, 4) is 5.75 Å². The Morgan fingerprint density at radius 2 is 1.77 bits per heavy atom. The minimum absolute atomic E-state index is 0.0221. The molecule has 0 aromatic heterocycles. The van der Waals surface area contributed by atoms with Crippen molar-refractivity contribution < 1.29 is 14.3 Å². The first-order chi connectivity index (χ1) is 14.6. The number of hydrogen-bond donors (Lipinski definition) is 1. The fourth-order valence-electron chi connectivity index (χ4n) is 3.73. The van der Waals surface area contributed by atoms with Crippen molar-refractivity contribution in [2.45, 2.75) is 38.1 Å². The minimum Gasteiger partial charge on any atom is -0.493 e. The Labute approximate surface area is 182 Å². The molecule has 0 bridgehead atoms. The lowest BCUT2D eigenvalue weighted by Gasteiger charge is -2.32. The van der Waals surface area contributed by atoms with E-state index in [2.05, 4.69) is 5.32 Å². The van der Waals surface area contributed by atoms with Gasteiger partial charge in [0.05, 0.1) is 13.0 Å². The van der Waals surface area contributed by atoms with Gasteiger partial charge in [-0.05, 0) is 67.6 Å². The zero-order valence-corrected chi connectivity index (χ0v) is 17.7. The Bertz CT molecular complexity index is 878. The van der Waals surface area contributed by atoms with E-state index in [0.29, 0.717) is 42.1 Å². The normalized spacial score (nSPS) is 18.7. The number of nitrogens with zero attached hydrogens (tertiary/aromatic N) is 1. The molecule has 6 heteroatoms. The zero-order valence-electron chi connectivity index (χ0n) is 17.0. The summed E-state index contributed by atoms with van der Waals surface area (Å²) in [6.07, 6.45) is 4.59. The van der Waals surface area contributed by atoms with E-state index in [-0.39, 0.29) is 11.8 Å². The number of benzene rings is 2. The molecular formula is C24H27ClN2O3. The quantitative estimate of drug-likeness (QED) is 0.725. The van der Waals surface area contributed by atoms with Crippen molar-refractivity contribution in [2.24, 2.45) is 5.92 Å². The molecule has 1 unspecified atom stereocenters. The van der Waals surface area contributed by atoms with Crippen molar-refractivity contribution in [3.05, 3.63) is 64.7 Å². The highest BCUT2D eigenvalue weighted by molar-refractivity contribution is 6.30. The molecule has 1 atom stereocenters. The number of likely N-dealkylation sites (tertiary alicyclic amines) is 1. The SMILES string of the molecule is O=C(NC1CC1)c1ccc(OCC2CCCN(C(=O)Cc3ccc(Cl)cc3)C2)cc1. The predicted molar refractivity (Wildman–Crippen MR) is 117 cm³/mol. The van der Waals surface area contributed by atoms with Gasteiger partial charge in [-0.2, -0.15) is 0 Å². The third kappa shape index (κ3) is 5.76. The number of hydrogen-bond acceptors (Lipinski definition) is 3. The fraction of sp³-hybridized carbons (Fsp3) is 0.417. The highest BCUT2D eigenvalue weighted by Gasteiger charge is 2.25. The Kier molecular flexibility index (Phi) is 6.58. The monoisotopic (exact) mass is 426 g/mol. The molecule has 1 aliphatic heterocycles. The molecule has 4 rings (SSSR count). The standard InChI is InChI=1S/C24H27ClN2O3/c25-20-7-3-17(4-8-20)14-23(28)27-13-1-2-18(15-27)16-30-22-11-5-19(6-12-22)24(29)26-21-9-10-21/h3-8,11-12,18,21H,1-2,9-10,13-16H2,(H,26,29). The van der Waals surface area contributed by atoms with Crippen LogP contribution in [0, 0.1) is 5.92 Å². The topological polar surface area (TPSA) is 58.6 Å². The average Bonchev–Trinajstić information content (AvgIpc) is 3.58. The third-order valence-electron chi connectivity index (χ3n) is 5.66. The first kappa shape index (κ1) is 20.7. The molecule has 1 heterocycles. The van der Waals surface area contributed by atoms with Crippen LogP contribution >= 0.6 is 11.6 Å². The van der Waals surface area contributed by atoms with Crippen LogP contribution in [0.2, 0.25) is 5.02 Å². The molecule has 0 spiro atoms. The number of carbonyl (C=O) groups is 2. The highest BCUT2D eigenvalue weighted by atomic mass is 35.5. The summed E-state index contributed by atoms with van der Waals surface area (Å²) in [6, 6.07) is 15.1. The first-order valence-corrected chi connectivity index (χ1v) is 11.0. The number of carbonyl (C=O) groups excluding carboxylic acids is 2. The van der Waals surface area contributed by atoms with E-state index < -0.39 is 0 Å². The molecule has 1 aliphatic carbocycles. The van der Waals surface area contributed by atoms with Gasteiger partial charge in [-0.1, -0.05) is 23.7 Å². The molecule has 2 aromatic rings. The molecule has 2 amide bonds. The maximum atomic E-state index is 12.7. The van der Waals surface area contributed by atoms with Gasteiger partial charge in [-0.25, -0.2) is 0 Å². The van der Waals surface area contributed by atoms with E-state index in [1.54, 1.807) is 12.1 Å². The minimum atomic E-state index is -0.0221. The zero-order chi connectivity index (χ0) is 20.9. The molecule has 30 heavy (non-hydrogen) atoms. The number of halogens is 1. The predicted octanol–water partition coefficient (Wildman–Crippen LogP) is 4.09. The van der Waals surface area contributed by atoms with E-state index in [1.165, 1.54) is 0 Å². The maximum Gasteiger partial charge on any atom is 0.251 e. The summed E-state index contributed by atoms with van der Waals surface area (Å²) in [7, 11) is 0. The van der Waals surface area contributed by atoms with Gasteiger partial charge in [0.25, 0.3) is 5.91 Å². The van der Waals surface area contributed by atoms with E-state index in [9.17, 15) is 9.59 Å². The van der Waals surface area contributed by atoms with Crippen LogP contribution in [0.25, 0.3) is 0 Å². The van der Waals surface area contributed by atoms with E-state index >= 15 is 0 Å². The van der Waals surface area contributed by atoms with Crippen LogP contribution < -0.4 is 10.1 Å². The number of rotatable bonds is 7. The number of piperidine rings is 1. The summed E-state index contributed by atoms with van der Waals surface area (Å²) in [6.45, 7) is 2.08. The second-order valence-corrected chi connectivity index (χ2v) is 8.67. The van der Waals surface area contributed by atoms with Crippen LogP contribution in [-0.2, 0) is 11.2 Å². The van der Waals surface area contributed by atoms with Crippen LogP contribution in [0.15, 0.2) is 48.5 Å². The molecule has 2 aliphatic rings. The Morgan fingerprint density at radius 1 is 1.03 bits per heavy atom. The van der Waals surface area contributed by atoms with Gasteiger partial charge in [0.2, 0.25) is 5.91 Å². The number of amides is 2. The van der Waals surface area contributed by atoms with Gasteiger partial charge in [0, 0.05) is 35.6 Å². The summed E-state index contributed by atoms with van der Waals surface area (Å²) in [5.41, 5.74) is 1.64. The molecule has 1 N–H and O–H groups in total. The number of ether oxygens (including phenoxy) is 1. The molecule has 1 saturated heterocycles. The maximum absolute atomic E-state index is 12.7. The van der Waals surface area contributed by atoms with Crippen molar-refractivity contribution in [1.82, 2.24) is 10.2 Å². The second-order valence-electron chi connectivity index (χ2n) is 8.23. The van der Waals surface area contributed by atoms with Gasteiger partial charge in [0.15, 0.2) is 0 Å². The first-order valence-electron chi connectivity index (χ1n) is 10.6. The largest absolute Gasteiger partial charge is 0.493 e. The van der Waals surface area contributed by atoms with Gasteiger partial charge in [0.1, 0.15) is 5.75 Å². The van der Waals surface area contributed by atoms with Gasteiger partial charge >= 0.3 is 0 Å². The van der Waals surface area contributed by atoms with Crippen molar-refractivity contribution in [3.63, 3.8) is 0 Å². The van der Waals surface area contributed by atoms with Crippen LogP contribution in [0.3, 0.4) is 0 Å². The molecule has 5 nitrogen and oxygen atoms in total. The molecular weight excluding hydrogens is 400 g/mol. The summed E-state index contributed by atoms with van der Waals surface area (Å²) < 4.78 is 5.95. The van der Waals surface area contributed by atoms with E-state index in [4.69, 9.17) is 16.3 Å². The lowest BCUT2D eigenvalue weighted by atomic mass is 9.98. The number of nitrogens with one attached hydrogen (secondary N) is 1. The Hall–Kier alpha value is -2.53. The molecule has 2 aromatic carbocycles. The molecule has 2 fully saturated rings. The van der Waals surface area contributed by atoms with Crippen LogP contribution in [-0.4, -0.2) is 42.5 Å². The van der Waals surface area contributed by atoms with Crippen molar-refractivity contribution in [2.75, 3.05) is 19.7 Å². The van der Waals surface area contributed by atoms with Gasteiger partial charge in [-0.15, -0.1) is 0 Å². The molecule has 0 radical (unpaired) electrons. The second kappa shape index (κ2) is 9.52. The van der Waals surface area contributed by atoms with E-state index in [0.717, 1.165) is 43.5 Å². The van der Waals surface area contributed by atoms with Crippen LogP contribution in [0.4, 0.5) is 0 Å². The third-order valence-corrected chi connectivity index (χ3v) is 5.91. The summed E-state index contributed by atoms with van der Waals surface area (Å²) in [5, 5.41) is 3.66. The van der Waals surface area contributed by atoms with Gasteiger partial charge in [-0.3, -0.25) is 9.59 Å². The summed E-state index contributed by atoms with van der Waals surface area (Å²) >= 11 is 5.92. The molecule has 158 valence electrons. The van der Waals surface area contributed by atoms with Crippen molar-refractivity contribution in [1.29, 1.82) is 0 Å². The average molecular weight is 427 g/mol. The Morgan fingerprint density at radius 3 is 2.47 bits per heavy atom. The smallest absolute Gasteiger partial charge is 0.251 e. The van der Waals surface area contributed by atoms with Gasteiger partial charge < -0.3 is 15.0 Å². The fourth-order valence-corrected chi connectivity index (χ4v) is 3.86. The lowest BCUT2D eigenvalue weighted by molar-refractivity contribution is -0.132. The summed E-state index contributed by atoms with van der Waals surface area (Å²) in [4.78, 5) is 26.7. The van der Waals surface area contributed by atoms with Crippen LogP contribution in [0.1, 0.15) is 41.6 Å². The van der Waals surface area contributed by atoms with Crippen molar-refractivity contribution >= 4 is 23.4 Å². The Balaban J connectivity index is 1.25. The highest BCUT2D eigenvalue weighted by Crippen LogP contribution is 2.22. The van der Waals surface area contributed by atoms with E-state index in [1.807, 2.05) is 41.3 Å². The lowest BCUT2D eigenvalue weighted by Crippen LogP contribution is -2.42.